The van der Waals surface area contributed by atoms with Crippen molar-refractivity contribution in [3.8, 4) is 0 Å². The molecule has 0 spiro atoms. The summed E-state index contributed by atoms with van der Waals surface area (Å²) < 4.78 is 63.2. The quantitative estimate of drug-likeness (QED) is 0.176. The average Bonchev–Trinajstić information content (AvgIpc) is 3.66. The van der Waals surface area contributed by atoms with Crippen molar-refractivity contribution in [3.63, 3.8) is 0 Å². The summed E-state index contributed by atoms with van der Waals surface area (Å²) in [6, 6.07) is 1.35. The van der Waals surface area contributed by atoms with Crippen LogP contribution in [0.3, 0.4) is 0 Å². The molecule has 0 aliphatic carbocycles. The van der Waals surface area contributed by atoms with Gasteiger partial charge < -0.3 is 40.6 Å². The number of aromatic nitrogens is 6. The molecule has 2 saturated heterocycles. The number of hydrogen-bond donors (Lipinski definition) is 4. The molecule has 3 aromatic heterocycles. The van der Waals surface area contributed by atoms with E-state index < -0.39 is 68.4 Å². The van der Waals surface area contributed by atoms with E-state index in [4.69, 9.17) is 34.9 Å². The Labute approximate surface area is 254 Å². The van der Waals surface area contributed by atoms with Crippen LogP contribution < -0.4 is 22.5 Å². The van der Waals surface area contributed by atoms with E-state index in [2.05, 4.69) is 29.8 Å². The summed E-state index contributed by atoms with van der Waals surface area (Å²) in [6.07, 6.45) is -4.89. The highest BCUT2D eigenvalue weighted by molar-refractivity contribution is 7.47. The largest absolute Gasteiger partial charge is 0.472 e. The van der Waals surface area contributed by atoms with E-state index in [1.54, 1.807) is 0 Å². The lowest BCUT2D eigenvalue weighted by molar-refractivity contribution is -0.124. The van der Waals surface area contributed by atoms with Crippen molar-refractivity contribution in [2.75, 3.05) is 45.9 Å². The first-order valence-electron chi connectivity index (χ1n) is 13.6. The highest BCUT2D eigenvalue weighted by Gasteiger charge is 2.51. The van der Waals surface area contributed by atoms with E-state index in [1.807, 2.05) is 0 Å². The van der Waals surface area contributed by atoms with Crippen LogP contribution in [0.5, 0.6) is 0 Å². The molecule has 0 bridgehead atoms. The van der Waals surface area contributed by atoms with Gasteiger partial charge in [0, 0.05) is 46.4 Å². The summed E-state index contributed by atoms with van der Waals surface area (Å²) >= 11 is 0. The van der Waals surface area contributed by atoms with Crippen LogP contribution in [0.4, 0.5) is 16.0 Å². The predicted molar refractivity (Wildman–Crippen MR) is 151 cm³/mol. The number of nitrogens with zero attached hydrogens (tertiary/aromatic N) is 6. The summed E-state index contributed by atoms with van der Waals surface area (Å²) in [5.74, 6) is -1.46. The van der Waals surface area contributed by atoms with E-state index in [9.17, 15) is 19.0 Å². The van der Waals surface area contributed by atoms with E-state index in [-0.39, 0.29) is 42.4 Å². The number of nitrogen functional groups attached to an aromatic ring is 2. The highest BCUT2D eigenvalue weighted by Crippen LogP contribution is 2.48. The fraction of sp³-hybridized carbons (Fsp3) is 0.583. The monoisotopic (exact) mass is 657 g/mol. The van der Waals surface area contributed by atoms with Crippen molar-refractivity contribution in [2.45, 2.75) is 49.5 Å². The number of hydrogen-bond acceptors (Lipinski definition) is 15. The van der Waals surface area contributed by atoms with Gasteiger partial charge in [0.1, 0.15) is 36.0 Å². The van der Waals surface area contributed by atoms with Crippen molar-refractivity contribution < 1.29 is 46.6 Å². The Kier molecular flexibility index (Phi) is 9.75. The Balaban J connectivity index is 1.32. The minimum atomic E-state index is -4.60. The molecule has 2 fully saturated rings. The highest BCUT2D eigenvalue weighted by atomic mass is 31.2. The summed E-state index contributed by atoms with van der Waals surface area (Å²) in [7, 11) is -0.928. The Morgan fingerprint density at radius 1 is 1.13 bits per heavy atom. The molecule has 1 amide bonds. The smallest absolute Gasteiger partial charge is 0.383 e. The number of nitrogens with two attached hydrogens (primary N) is 2. The number of methoxy groups -OCH3 is 2. The molecule has 6 N–H and O–H groups in total. The van der Waals surface area contributed by atoms with Crippen molar-refractivity contribution in [1.82, 2.24) is 34.4 Å². The molecule has 5 rings (SSSR count). The van der Waals surface area contributed by atoms with Gasteiger partial charge in [0.15, 0.2) is 30.1 Å². The molecular weight excluding hydrogens is 624 g/mol. The lowest BCUT2D eigenvalue weighted by Crippen LogP contribution is -2.43. The van der Waals surface area contributed by atoms with Crippen LogP contribution in [-0.2, 0) is 37.4 Å². The SMILES string of the molecule is COC[C@H]1O[C@@H](n2cnc3c(N)ncnc32)[C@H](F)[C@@H]1CC(=O)NC[C@H]1O[C@@H](n2ccc(N)nc2=O)[C@H](OC)[C@@H]1OP(=O)(O)OC. The number of phosphoric ester groups is 1. The number of anilines is 2. The van der Waals surface area contributed by atoms with E-state index in [0.717, 1.165) is 11.7 Å². The number of ether oxygens (including phenoxy) is 4. The molecule has 0 aromatic carbocycles. The van der Waals surface area contributed by atoms with Gasteiger partial charge in [0.05, 0.1) is 19.0 Å². The molecule has 2 aliphatic rings. The third-order valence-corrected chi connectivity index (χ3v) is 8.53. The van der Waals surface area contributed by atoms with Crippen LogP contribution >= 0.6 is 7.82 Å². The number of fused-ring (bicyclic) bond motifs is 1. The van der Waals surface area contributed by atoms with Crippen molar-refractivity contribution in [3.05, 3.63) is 35.4 Å². The van der Waals surface area contributed by atoms with Gasteiger partial charge in [0.25, 0.3) is 0 Å². The zero-order valence-electron chi connectivity index (χ0n) is 24.3. The maximum atomic E-state index is 15.9. The third kappa shape index (κ3) is 6.68. The molecule has 0 radical (unpaired) electrons. The molecule has 246 valence electrons. The number of phosphoric acid groups is 1. The Bertz CT molecular complexity index is 1630. The number of carbonyl (C=O) groups is 1. The summed E-state index contributed by atoms with van der Waals surface area (Å²) in [5, 5.41) is 2.64. The van der Waals surface area contributed by atoms with Crippen LogP contribution in [0.1, 0.15) is 18.9 Å². The van der Waals surface area contributed by atoms with Gasteiger partial charge in [-0.1, -0.05) is 0 Å². The van der Waals surface area contributed by atoms with Gasteiger partial charge in [-0.15, -0.1) is 0 Å². The number of imidazole rings is 1. The van der Waals surface area contributed by atoms with Crippen molar-refractivity contribution in [1.29, 1.82) is 0 Å². The van der Waals surface area contributed by atoms with E-state index in [1.165, 1.54) is 43.7 Å². The molecule has 1 unspecified atom stereocenters. The summed E-state index contributed by atoms with van der Waals surface area (Å²) in [5.41, 5.74) is 11.2. The maximum Gasteiger partial charge on any atom is 0.472 e. The number of nitrogens with one attached hydrogen (secondary N) is 1. The fourth-order valence-electron chi connectivity index (χ4n) is 5.41. The zero-order chi connectivity index (χ0) is 32.5. The molecular formula is C24H33FN9O10P. The number of amides is 1. The molecule has 9 atom stereocenters. The molecule has 3 aromatic rings. The first-order valence-corrected chi connectivity index (χ1v) is 15.1. The first-order chi connectivity index (χ1) is 21.5. The minimum absolute atomic E-state index is 0.00928. The second-order valence-electron chi connectivity index (χ2n) is 10.2. The van der Waals surface area contributed by atoms with E-state index in [0.29, 0.717) is 0 Å². The number of carbonyl (C=O) groups excluding carboxylic acids is 1. The van der Waals surface area contributed by atoms with Gasteiger partial charge in [-0.25, -0.2) is 28.7 Å². The van der Waals surface area contributed by atoms with E-state index >= 15 is 4.39 Å². The predicted octanol–water partition coefficient (Wildman–Crippen LogP) is -0.704. The topological polar surface area (TPSA) is 252 Å². The summed E-state index contributed by atoms with van der Waals surface area (Å²) in [4.78, 5) is 51.6. The summed E-state index contributed by atoms with van der Waals surface area (Å²) in [6.45, 7) is -0.295. The second-order valence-corrected chi connectivity index (χ2v) is 11.8. The molecule has 0 saturated carbocycles. The maximum absolute atomic E-state index is 15.9. The second kappa shape index (κ2) is 13.4. The normalized spacial score (nSPS) is 29.6. The van der Waals surface area contributed by atoms with Crippen LogP contribution in [0.15, 0.2) is 29.7 Å². The number of halogens is 1. The van der Waals surface area contributed by atoms with Crippen LogP contribution in [0.25, 0.3) is 11.2 Å². The van der Waals surface area contributed by atoms with Gasteiger partial charge in [0.2, 0.25) is 5.91 Å². The molecule has 2 aliphatic heterocycles. The lowest BCUT2D eigenvalue weighted by Gasteiger charge is -2.25. The zero-order valence-corrected chi connectivity index (χ0v) is 25.2. The van der Waals surface area contributed by atoms with Crippen LogP contribution in [-0.4, -0.2) is 105 Å². The number of alkyl halides is 1. The minimum Gasteiger partial charge on any atom is -0.383 e. The number of rotatable bonds is 12. The van der Waals surface area contributed by atoms with Crippen LogP contribution in [0.2, 0.25) is 0 Å². The Morgan fingerprint density at radius 2 is 1.89 bits per heavy atom. The van der Waals surface area contributed by atoms with Crippen molar-refractivity contribution >= 4 is 36.5 Å². The average molecular weight is 658 g/mol. The van der Waals surface area contributed by atoms with Crippen molar-refractivity contribution in [2.24, 2.45) is 5.92 Å². The molecule has 19 nitrogen and oxygen atoms in total. The Morgan fingerprint density at radius 3 is 2.58 bits per heavy atom. The standard InChI is InChI=1S/C24H33FN9O10P/c1-39-8-13-11(16(25)22(43-13)34-10-31-17-20(27)29-9-30-21(17)34)6-15(35)28-7-12-18(44-45(37,38)41-3)19(40-2)23(42-12)33-5-4-14(26)32-24(33)36/h4-5,9-13,16,18-19,22-23H,6-8H2,1-3H3,(H,28,35)(H,37,38)(H2,26,32,36)(H2,27,29,30)/t11-,12-,13-,16-,18-,19-,22-,23-/m1/s1. The molecule has 21 heteroatoms. The van der Waals surface area contributed by atoms with Gasteiger partial charge in [-0.3, -0.25) is 23.0 Å². The van der Waals surface area contributed by atoms with Gasteiger partial charge in [-0.05, 0) is 6.07 Å². The van der Waals surface area contributed by atoms with Crippen LogP contribution in [0, 0.1) is 5.92 Å². The Hall–Kier alpha value is -3.62. The first kappa shape index (κ1) is 32.8. The third-order valence-electron chi connectivity index (χ3n) is 7.56. The lowest BCUT2D eigenvalue weighted by atomic mass is 9.95. The fourth-order valence-corrected chi connectivity index (χ4v) is 6.06. The molecule has 45 heavy (non-hydrogen) atoms. The van der Waals surface area contributed by atoms with Gasteiger partial charge >= 0.3 is 13.5 Å². The van der Waals surface area contributed by atoms with Gasteiger partial charge in [-0.2, -0.15) is 4.98 Å². The molecule has 5 heterocycles.